The Kier molecular flexibility index (Phi) is 5.60. The predicted molar refractivity (Wildman–Crippen MR) is 74.8 cm³/mol. The molecule has 2 fully saturated rings. The highest BCUT2D eigenvalue weighted by atomic mass is 16.5. The lowest BCUT2D eigenvalue weighted by molar-refractivity contribution is -0.142. The number of rotatable bonds is 5. The molecule has 2 N–H and O–H groups in total. The quantitative estimate of drug-likeness (QED) is 0.779. The van der Waals surface area contributed by atoms with Crippen molar-refractivity contribution in [3.8, 4) is 0 Å². The van der Waals surface area contributed by atoms with Crippen LogP contribution in [0.2, 0.25) is 0 Å². The van der Waals surface area contributed by atoms with Crippen LogP contribution in [0.1, 0.15) is 25.7 Å². The lowest BCUT2D eigenvalue weighted by Gasteiger charge is -2.35. The minimum absolute atomic E-state index is 0.0598. The van der Waals surface area contributed by atoms with E-state index in [-0.39, 0.29) is 12.5 Å². The average molecular weight is 269 g/mol. The number of hydrogen-bond donors (Lipinski definition) is 1. The van der Waals surface area contributed by atoms with Gasteiger partial charge in [0.15, 0.2) is 0 Å². The highest BCUT2D eigenvalue weighted by Crippen LogP contribution is 2.21. The van der Waals surface area contributed by atoms with E-state index in [1.54, 1.807) is 7.11 Å². The second-order valence-electron chi connectivity index (χ2n) is 5.74. The third-order valence-corrected chi connectivity index (χ3v) is 4.42. The zero-order valence-electron chi connectivity index (χ0n) is 12.0. The molecule has 0 bridgehead atoms. The number of amides is 1. The SMILES string of the molecule is COC(CN)C(=O)N1CCC(CN2CCCC2)CC1. The van der Waals surface area contributed by atoms with Crippen LogP contribution in [0.5, 0.6) is 0 Å². The molecule has 110 valence electrons. The van der Waals surface area contributed by atoms with Crippen molar-refractivity contribution in [1.29, 1.82) is 0 Å². The minimum Gasteiger partial charge on any atom is -0.370 e. The number of nitrogens with two attached hydrogens (primary N) is 1. The van der Waals surface area contributed by atoms with Gasteiger partial charge in [0, 0.05) is 33.3 Å². The maximum atomic E-state index is 12.1. The third kappa shape index (κ3) is 3.91. The number of hydrogen-bond acceptors (Lipinski definition) is 4. The molecule has 2 aliphatic heterocycles. The molecule has 0 aliphatic carbocycles. The fourth-order valence-corrected chi connectivity index (χ4v) is 3.17. The Hall–Kier alpha value is -0.650. The fraction of sp³-hybridized carbons (Fsp3) is 0.929. The van der Waals surface area contributed by atoms with Gasteiger partial charge in [0.2, 0.25) is 0 Å². The zero-order valence-corrected chi connectivity index (χ0v) is 12.0. The Morgan fingerprint density at radius 2 is 1.89 bits per heavy atom. The van der Waals surface area contributed by atoms with Gasteiger partial charge in [0.05, 0.1) is 0 Å². The number of likely N-dealkylation sites (tertiary alicyclic amines) is 2. The molecule has 0 saturated carbocycles. The van der Waals surface area contributed by atoms with E-state index in [0.717, 1.165) is 31.8 Å². The molecule has 2 rings (SSSR count). The lowest BCUT2D eigenvalue weighted by atomic mass is 9.96. The summed E-state index contributed by atoms with van der Waals surface area (Å²) in [5, 5.41) is 0. The van der Waals surface area contributed by atoms with E-state index < -0.39 is 6.10 Å². The van der Waals surface area contributed by atoms with Crippen molar-refractivity contribution < 1.29 is 9.53 Å². The highest BCUT2D eigenvalue weighted by molar-refractivity contribution is 5.81. The van der Waals surface area contributed by atoms with Crippen molar-refractivity contribution in [2.45, 2.75) is 31.8 Å². The van der Waals surface area contributed by atoms with Crippen LogP contribution >= 0.6 is 0 Å². The second-order valence-corrected chi connectivity index (χ2v) is 5.74. The molecule has 5 heteroatoms. The first-order valence-electron chi connectivity index (χ1n) is 7.48. The van der Waals surface area contributed by atoms with Crippen molar-refractivity contribution >= 4 is 5.91 Å². The fourth-order valence-electron chi connectivity index (χ4n) is 3.17. The molecule has 0 aromatic heterocycles. The maximum absolute atomic E-state index is 12.1. The first-order valence-corrected chi connectivity index (χ1v) is 7.48. The van der Waals surface area contributed by atoms with E-state index in [2.05, 4.69) is 4.90 Å². The van der Waals surface area contributed by atoms with Crippen molar-refractivity contribution in [2.24, 2.45) is 11.7 Å². The van der Waals surface area contributed by atoms with E-state index >= 15 is 0 Å². The van der Waals surface area contributed by atoms with Crippen LogP contribution in [0.25, 0.3) is 0 Å². The molecule has 2 aliphatic rings. The first-order chi connectivity index (χ1) is 9.24. The van der Waals surface area contributed by atoms with E-state index in [1.165, 1.54) is 32.5 Å². The Balaban J connectivity index is 1.73. The standard InChI is InChI=1S/C14H27N3O2/c1-19-13(10-15)14(18)17-8-4-12(5-9-17)11-16-6-2-3-7-16/h12-13H,2-11,15H2,1H3. The molecule has 0 aromatic rings. The molecule has 0 aromatic carbocycles. The van der Waals surface area contributed by atoms with Crippen LogP contribution in [0.3, 0.4) is 0 Å². The van der Waals surface area contributed by atoms with E-state index in [1.807, 2.05) is 4.90 Å². The topological polar surface area (TPSA) is 58.8 Å². The number of nitrogens with zero attached hydrogens (tertiary/aromatic N) is 2. The molecule has 5 nitrogen and oxygen atoms in total. The largest absolute Gasteiger partial charge is 0.370 e. The Bertz CT molecular complexity index is 280. The van der Waals surface area contributed by atoms with Gasteiger partial charge in [-0.2, -0.15) is 0 Å². The van der Waals surface area contributed by atoms with Gasteiger partial charge in [0.25, 0.3) is 5.91 Å². The van der Waals surface area contributed by atoms with Crippen LogP contribution in [-0.2, 0) is 9.53 Å². The van der Waals surface area contributed by atoms with Gasteiger partial charge in [-0.3, -0.25) is 4.79 Å². The zero-order chi connectivity index (χ0) is 13.7. The van der Waals surface area contributed by atoms with E-state index in [4.69, 9.17) is 10.5 Å². The molecule has 1 amide bonds. The molecule has 1 unspecified atom stereocenters. The summed E-state index contributed by atoms with van der Waals surface area (Å²) in [6.45, 7) is 5.72. The molecule has 2 heterocycles. The van der Waals surface area contributed by atoms with Gasteiger partial charge in [0.1, 0.15) is 6.10 Å². The van der Waals surface area contributed by atoms with Gasteiger partial charge in [-0.15, -0.1) is 0 Å². The molecule has 2 saturated heterocycles. The maximum Gasteiger partial charge on any atom is 0.253 e. The van der Waals surface area contributed by atoms with Gasteiger partial charge in [-0.1, -0.05) is 0 Å². The monoisotopic (exact) mass is 269 g/mol. The van der Waals surface area contributed by atoms with Gasteiger partial charge < -0.3 is 20.3 Å². The number of ether oxygens (including phenoxy) is 1. The highest BCUT2D eigenvalue weighted by Gasteiger charge is 2.28. The number of carbonyl (C=O) groups is 1. The van der Waals surface area contributed by atoms with Crippen molar-refractivity contribution in [3.05, 3.63) is 0 Å². The average Bonchev–Trinajstić information content (AvgIpc) is 2.94. The third-order valence-electron chi connectivity index (χ3n) is 4.42. The summed E-state index contributed by atoms with van der Waals surface area (Å²) in [6.07, 6.45) is 4.47. The second kappa shape index (κ2) is 7.22. The van der Waals surface area contributed by atoms with Crippen LogP contribution < -0.4 is 5.73 Å². The smallest absolute Gasteiger partial charge is 0.253 e. The summed E-state index contributed by atoms with van der Waals surface area (Å²) in [5.41, 5.74) is 5.55. The summed E-state index contributed by atoms with van der Waals surface area (Å²) < 4.78 is 5.12. The lowest BCUT2D eigenvalue weighted by Crippen LogP contribution is -2.48. The Morgan fingerprint density at radius 1 is 1.26 bits per heavy atom. The Morgan fingerprint density at radius 3 is 2.42 bits per heavy atom. The molecule has 1 atom stereocenters. The summed E-state index contributed by atoms with van der Waals surface area (Å²) in [7, 11) is 1.55. The van der Waals surface area contributed by atoms with Crippen LogP contribution in [0.15, 0.2) is 0 Å². The minimum atomic E-state index is -0.463. The van der Waals surface area contributed by atoms with Crippen molar-refractivity contribution in [2.75, 3.05) is 46.4 Å². The summed E-state index contributed by atoms with van der Waals surface area (Å²) in [6, 6.07) is 0. The van der Waals surface area contributed by atoms with Gasteiger partial charge in [-0.25, -0.2) is 0 Å². The van der Waals surface area contributed by atoms with Gasteiger partial charge >= 0.3 is 0 Å². The summed E-state index contributed by atoms with van der Waals surface area (Å²) >= 11 is 0. The van der Waals surface area contributed by atoms with Crippen LogP contribution in [-0.4, -0.2) is 68.2 Å². The number of methoxy groups -OCH3 is 1. The summed E-state index contributed by atoms with van der Waals surface area (Å²) in [5.74, 6) is 0.811. The summed E-state index contributed by atoms with van der Waals surface area (Å²) in [4.78, 5) is 16.6. The van der Waals surface area contributed by atoms with Crippen LogP contribution in [0, 0.1) is 5.92 Å². The molecule has 0 radical (unpaired) electrons. The number of piperidine rings is 1. The predicted octanol–water partition coefficient (Wildman–Crippen LogP) is 0.295. The Labute approximate surface area is 116 Å². The van der Waals surface area contributed by atoms with Crippen molar-refractivity contribution in [3.63, 3.8) is 0 Å². The molecular formula is C14H27N3O2. The van der Waals surface area contributed by atoms with Gasteiger partial charge in [-0.05, 0) is 44.7 Å². The molecule has 19 heavy (non-hydrogen) atoms. The number of carbonyl (C=O) groups excluding carboxylic acids is 1. The van der Waals surface area contributed by atoms with E-state index in [0.29, 0.717) is 0 Å². The molecular weight excluding hydrogens is 242 g/mol. The first kappa shape index (κ1) is 14.8. The van der Waals surface area contributed by atoms with Crippen LogP contribution in [0.4, 0.5) is 0 Å². The normalized spacial score (nSPS) is 23.8. The van der Waals surface area contributed by atoms with E-state index in [9.17, 15) is 4.79 Å². The molecule has 0 spiro atoms. The van der Waals surface area contributed by atoms with Crippen molar-refractivity contribution in [1.82, 2.24) is 9.80 Å².